The Kier molecular flexibility index (Phi) is 8.82. The fraction of sp³-hybridized carbons (Fsp3) is 0.333. The number of piperidine rings is 1. The summed E-state index contributed by atoms with van der Waals surface area (Å²) in [6, 6.07) is 19.5. The van der Waals surface area contributed by atoms with Crippen LogP contribution in [0.25, 0.3) is 0 Å². The van der Waals surface area contributed by atoms with Crippen LogP contribution in [-0.4, -0.2) is 48.0 Å². The van der Waals surface area contributed by atoms with E-state index in [4.69, 9.17) is 17.3 Å². The molecule has 2 amide bonds. The van der Waals surface area contributed by atoms with Gasteiger partial charge < -0.3 is 15.7 Å². The lowest BCUT2D eigenvalue weighted by Crippen LogP contribution is -2.53. The molecule has 38 heavy (non-hydrogen) atoms. The van der Waals surface area contributed by atoms with Gasteiger partial charge in [0, 0.05) is 22.8 Å². The van der Waals surface area contributed by atoms with E-state index in [-0.39, 0.29) is 24.7 Å². The highest BCUT2D eigenvalue weighted by atomic mass is 35.5. The van der Waals surface area contributed by atoms with E-state index in [1.807, 2.05) is 12.1 Å². The summed E-state index contributed by atoms with van der Waals surface area (Å²) in [4.78, 5) is 28.0. The lowest BCUT2D eigenvalue weighted by molar-refractivity contribution is -0.00267. The molecule has 1 unspecified atom stereocenters. The summed E-state index contributed by atoms with van der Waals surface area (Å²) in [5, 5.41) is 12.6. The van der Waals surface area contributed by atoms with E-state index in [9.17, 15) is 19.1 Å². The van der Waals surface area contributed by atoms with Crippen LogP contribution in [0.5, 0.6) is 0 Å². The van der Waals surface area contributed by atoms with E-state index in [1.165, 1.54) is 24.0 Å². The topological polar surface area (TPSA) is 86.9 Å². The smallest absolute Gasteiger partial charge is 0.319 e. The number of aliphatic hydroxyl groups is 1. The number of anilines is 1. The Labute approximate surface area is 227 Å². The fourth-order valence-electron chi connectivity index (χ4n) is 5.12. The Morgan fingerprint density at radius 1 is 1.08 bits per heavy atom. The summed E-state index contributed by atoms with van der Waals surface area (Å²) in [6.07, 6.45) is 2.76. The number of Topliss-reactive ketones (excluding diaryl/α,β-unsaturated/α-hetero) is 1. The second kappa shape index (κ2) is 12.1. The van der Waals surface area contributed by atoms with E-state index in [1.54, 1.807) is 48.5 Å². The largest absolute Gasteiger partial charge is 0.382 e. The number of carbonyl (C=O) groups excluding carboxylic acids is 2. The number of amides is 2. The van der Waals surface area contributed by atoms with Gasteiger partial charge in [0.25, 0.3) is 0 Å². The first kappa shape index (κ1) is 27.8. The van der Waals surface area contributed by atoms with Crippen molar-refractivity contribution >= 4 is 29.1 Å². The molecule has 8 heteroatoms. The summed E-state index contributed by atoms with van der Waals surface area (Å²) in [5.41, 5.74) is 6.95. The van der Waals surface area contributed by atoms with Crippen LogP contribution in [-0.2, 0) is 12.0 Å². The quantitative estimate of drug-likeness (QED) is 0.357. The third-order valence-electron chi connectivity index (χ3n) is 7.26. The maximum Gasteiger partial charge on any atom is 0.319 e. The molecule has 0 aliphatic carbocycles. The number of carbonyl (C=O) groups is 2. The Morgan fingerprint density at radius 2 is 1.74 bits per heavy atom. The second-order valence-corrected chi connectivity index (χ2v) is 10.6. The fourth-order valence-corrected chi connectivity index (χ4v) is 5.24. The zero-order chi connectivity index (χ0) is 27.3. The number of nitrogens with zero attached hydrogens (tertiary/aromatic N) is 2. The van der Waals surface area contributed by atoms with Gasteiger partial charge in [-0.05, 0) is 92.7 Å². The van der Waals surface area contributed by atoms with E-state index in [2.05, 4.69) is 4.90 Å². The van der Waals surface area contributed by atoms with Gasteiger partial charge in [-0.1, -0.05) is 48.0 Å². The number of primary amides is 1. The number of benzene rings is 3. The van der Waals surface area contributed by atoms with Crippen molar-refractivity contribution in [3.05, 3.63) is 100 Å². The van der Waals surface area contributed by atoms with Crippen LogP contribution >= 0.6 is 11.6 Å². The highest BCUT2D eigenvalue weighted by Crippen LogP contribution is 2.31. The van der Waals surface area contributed by atoms with Crippen LogP contribution in [0.2, 0.25) is 5.02 Å². The first-order valence-electron chi connectivity index (χ1n) is 12.8. The SMILES string of the molecule is CC(=O)c1cccc(N(CC(O)(CN2CCC(Cc3ccc(F)cc3)CC2)c2ccc(Cl)cc2)C(N)=O)c1. The Balaban J connectivity index is 1.53. The summed E-state index contributed by atoms with van der Waals surface area (Å²) in [7, 11) is 0. The molecule has 0 saturated carbocycles. The molecule has 1 aliphatic rings. The average Bonchev–Trinajstić information content (AvgIpc) is 2.90. The van der Waals surface area contributed by atoms with Gasteiger partial charge in [0.05, 0.1) is 6.54 Å². The van der Waals surface area contributed by atoms with Gasteiger partial charge in [0.2, 0.25) is 0 Å². The van der Waals surface area contributed by atoms with Crippen molar-refractivity contribution in [3.63, 3.8) is 0 Å². The van der Waals surface area contributed by atoms with Crippen molar-refractivity contribution in [2.75, 3.05) is 31.1 Å². The molecule has 1 aliphatic heterocycles. The van der Waals surface area contributed by atoms with E-state index in [0.717, 1.165) is 37.9 Å². The molecule has 1 fully saturated rings. The van der Waals surface area contributed by atoms with Gasteiger partial charge >= 0.3 is 6.03 Å². The van der Waals surface area contributed by atoms with E-state index < -0.39 is 11.6 Å². The lowest BCUT2D eigenvalue weighted by Gasteiger charge is -2.40. The summed E-state index contributed by atoms with van der Waals surface area (Å²) >= 11 is 6.11. The molecule has 6 nitrogen and oxygen atoms in total. The zero-order valence-electron chi connectivity index (χ0n) is 21.4. The van der Waals surface area contributed by atoms with Crippen molar-refractivity contribution in [3.8, 4) is 0 Å². The highest BCUT2D eigenvalue weighted by Gasteiger charge is 2.37. The molecular weight excluding hydrogens is 505 g/mol. The number of β-amino-alcohol motifs (C(OH)–C–C–N with tert-alkyl or cyclic N) is 1. The molecule has 200 valence electrons. The molecule has 3 aromatic rings. The van der Waals surface area contributed by atoms with Gasteiger partial charge in [-0.3, -0.25) is 9.69 Å². The van der Waals surface area contributed by atoms with Gasteiger partial charge in [-0.25, -0.2) is 9.18 Å². The molecule has 3 N–H and O–H groups in total. The van der Waals surface area contributed by atoms with Gasteiger partial charge in [-0.15, -0.1) is 0 Å². The Bertz CT molecular complexity index is 1260. The molecule has 0 aromatic heterocycles. The number of likely N-dealkylation sites (tertiary alicyclic amines) is 1. The number of hydrogen-bond acceptors (Lipinski definition) is 4. The normalized spacial score (nSPS) is 16.1. The predicted octanol–water partition coefficient (Wildman–Crippen LogP) is 5.41. The molecular formula is C30H33ClFN3O3. The predicted molar refractivity (Wildman–Crippen MR) is 148 cm³/mol. The molecule has 1 atom stereocenters. The van der Waals surface area contributed by atoms with Crippen molar-refractivity contribution in [2.24, 2.45) is 11.7 Å². The standard InChI is InChI=1S/C30H33ClFN3O3/c1-21(36)24-3-2-4-28(18-24)35(29(33)37)20-30(38,25-7-9-26(31)10-8-25)19-34-15-13-23(14-16-34)17-22-5-11-27(32)12-6-22/h2-12,18,23,38H,13-17,19-20H2,1H3,(H2,33,37). The molecule has 4 rings (SSSR count). The maximum absolute atomic E-state index is 13.3. The van der Waals surface area contributed by atoms with Crippen LogP contribution < -0.4 is 10.6 Å². The molecule has 3 aromatic carbocycles. The van der Waals surface area contributed by atoms with E-state index in [0.29, 0.717) is 27.8 Å². The summed E-state index contributed by atoms with van der Waals surface area (Å²) in [5.74, 6) is 0.104. The number of urea groups is 1. The number of nitrogens with two attached hydrogens (primary N) is 1. The van der Waals surface area contributed by atoms with Crippen LogP contribution in [0.1, 0.15) is 41.3 Å². The zero-order valence-corrected chi connectivity index (χ0v) is 22.2. The first-order chi connectivity index (χ1) is 18.1. The Hall–Kier alpha value is -3.26. The number of hydrogen-bond donors (Lipinski definition) is 2. The van der Waals surface area contributed by atoms with Crippen LogP contribution in [0.15, 0.2) is 72.8 Å². The molecule has 0 spiro atoms. The summed E-state index contributed by atoms with van der Waals surface area (Å²) in [6.45, 7) is 3.20. The van der Waals surface area contributed by atoms with Crippen molar-refractivity contribution < 1.29 is 19.1 Å². The molecule has 1 saturated heterocycles. The monoisotopic (exact) mass is 537 g/mol. The lowest BCUT2D eigenvalue weighted by atomic mass is 9.87. The minimum absolute atomic E-state index is 0.0964. The minimum Gasteiger partial charge on any atom is -0.382 e. The number of rotatable bonds is 9. The van der Waals surface area contributed by atoms with Gasteiger partial charge in [0.15, 0.2) is 5.78 Å². The molecule has 1 heterocycles. The average molecular weight is 538 g/mol. The van der Waals surface area contributed by atoms with Gasteiger partial charge in [0.1, 0.15) is 11.4 Å². The first-order valence-corrected chi connectivity index (χ1v) is 13.1. The highest BCUT2D eigenvalue weighted by molar-refractivity contribution is 6.30. The van der Waals surface area contributed by atoms with Crippen LogP contribution in [0, 0.1) is 11.7 Å². The summed E-state index contributed by atoms with van der Waals surface area (Å²) < 4.78 is 13.3. The third-order valence-corrected chi connectivity index (χ3v) is 7.51. The second-order valence-electron chi connectivity index (χ2n) is 10.1. The number of halogens is 2. The van der Waals surface area contributed by atoms with Crippen molar-refractivity contribution in [1.29, 1.82) is 0 Å². The van der Waals surface area contributed by atoms with Crippen molar-refractivity contribution in [2.45, 2.75) is 31.8 Å². The molecule has 0 bridgehead atoms. The molecule has 0 radical (unpaired) electrons. The van der Waals surface area contributed by atoms with Crippen LogP contribution in [0.3, 0.4) is 0 Å². The maximum atomic E-state index is 13.3. The van der Waals surface area contributed by atoms with Crippen LogP contribution in [0.4, 0.5) is 14.9 Å². The third kappa shape index (κ3) is 6.98. The minimum atomic E-state index is -1.45. The Morgan fingerprint density at radius 3 is 2.34 bits per heavy atom. The van der Waals surface area contributed by atoms with E-state index >= 15 is 0 Å². The number of ketones is 1. The van der Waals surface area contributed by atoms with Gasteiger partial charge in [-0.2, -0.15) is 0 Å². The van der Waals surface area contributed by atoms with Crippen molar-refractivity contribution in [1.82, 2.24) is 4.90 Å².